The number of anilines is 1. The number of carbonyl (C=O) groups is 2. The van der Waals surface area contributed by atoms with Crippen molar-refractivity contribution in [1.82, 2.24) is 0 Å². The molecule has 0 spiro atoms. The van der Waals surface area contributed by atoms with Gasteiger partial charge in [0.05, 0.1) is 17.9 Å². The van der Waals surface area contributed by atoms with E-state index in [1.54, 1.807) is 19.1 Å². The second-order valence-electron chi connectivity index (χ2n) is 5.96. The number of rotatable bonds is 6. The lowest BCUT2D eigenvalue weighted by molar-refractivity contribution is -0.138. The number of guanidine groups is 1. The minimum absolute atomic E-state index is 0.200. The normalized spacial score (nSPS) is 11.2. The number of esters is 1. The Kier molecular flexibility index (Phi) is 7.18. The molecule has 0 aliphatic heterocycles. The van der Waals surface area contributed by atoms with Crippen molar-refractivity contribution in [1.29, 1.82) is 0 Å². The van der Waals surface area contributed by atoms with E-state index >= 15 is 0 Å². The standard InChI is InChI=1S/C20H19F3N4O3/c1-2-30-17(28)8-5-12-3-6-15(7-4-12)26-18(29)13-9-14(20(21,22)23)11-16(10-13)27-19(24)25/h3-11H,2H2,1H3,(H,26,29)(H4,24,25,27)/b8-5+. The van der Waals surface area contributed by atoms with E-state index in [0.29, 0.717) is 17.3 Å². The molecule has 0 unspecified atom stereocenters. The summed E-state index contributed by atoms with van der Waals surface area (Å²) >= 11 is 0. The Morgan fingerprint density at radius 3 is 2.37 bits per heavy atom. The highest BCUT2D eigenvalue weighted by Crippen LogP contribution is 2.33. The summed E-state index contributed by atoms with van der Waals surface area (Å²) in [6, 6.07) is 8.88. The summed E-state index contributed by atoms with van der Waals surface area (Å²) in [5, 5.41) is 2.50. The number of nitrogens with zero attached hydrogens (tertiary/aromatic N) is 1. The molecule has 30 heavy (non-hydrogen) atoms. The Bertz CT molecular complexity index is 980. The number of hydrogen-bond donors (Lipinski definition) is 3. The van der Waals surface area contributed by atoms with Crippen molar-refractivity contribution < 1.29 is 27.5 Å². The zero-order valence-electron chi connectivity index (χ0n) is 15.9. The van der Waals surface area contributed by atoms with Crippen LogP contribution in [0, 0.1) is 0 Å². The zero-order valence-corrected chi connectivity index (χ0v) is 15.9. The minimum Gasteiger partial charge on any atom is -0.463 e. The highest BCUT2D eigenvalue weighted by atomic mass is 19.4. The van der Waals surface area contributed by atoms with Gasteiger partial charge in [0.1, 0.15) is 0 Å². The van der Waals surface area contributed by atoms with Gasteiger partial charge in [-0.2, -0.15) is 13.2 Å². The van der Waals surface area contributed by atoms with Crippen LogP contribution >= 0.6 is 0 Å². The number of halogens is 3. The third kappa shape index (κ3) is 6.66. The molecule has 0 saturated carbocycles. The molecule has 5 N–H and O–H groups in total. The average Bonchev–Trinajstić information content (AvgIpc) is 2.66. The van der Waals surface area contributed by atoms with Gasteiger partial charge in [0.15, 0.2) is 5.96 Å². The van der Waals surface area contributed by atoms with Crippen molar-refractivity contribution in [2.24, 2.45) is 16.5 Å². The van der Waals surface area contributed by atoms with E-state index in [9.17, 15) is 22.8 Å². The number of aliphatic imine (C=N–C) groups is 1. The Hall–Kier alpha value is -3.82. The molecule has 2 aromatic carbocycles. The molecular weight excluding hydrogens is 401 g/mol. The Balaban J connectivity index is 2.21. The smallest absolute Gasteiger partial charge is 0.416 e. The lowest BCUT2D eigenvalue weighted by Gasteiger charge is -2.11. The largest absolute Gasteiger partial charge is 0.463 e. The molecular formula is C20H19F3N4O3. The highest BCUT2D eigenvalue weighted by Gasteiger charge is 2.32. The molecule has 0 atom stereocenters. The van der Waals surface area contributed by atoms with Crippen LogP contribution in [0.25, 0.3) is 6.08 Å². The van der Waals surface area contributed by atoms with Crippen LogP contribution in [-0.4, -0.2) is 24.4 Å². The van der Waals surface area contributed by atoms with Gasteiger partial charge in [0.25, 0.3) is 5.91 Å². The minimum atomic E-state index is -4.68. The lowest BCUT2D eigenvalue weighted by atomic mass is 10.1. The molecule has 158 valence electrons. The van der Waals surface area contributed by atoms with Gasteiger partial charge in [-0.05, 0) is 48.9 Å². The molecule has 7 nitrogen and oxygen atoms in total. The summed E-state index contributed by atoms with van der Waals surface area (Å²) in [5.74, 6) is -1.70. The predicted octanol–water partition coefficient (Wildman–Crippen LogP) is 3.44. The van der Waals surface area contributed by atoms with E-state index in [-0.39, 0.29) is 17.9 Å². The monoisotopic (exact) mass is 420 g/mol. The van der Waals surface area contributed by atoms with E-state index in [0.717, 1.165) is 12.1 Å². The Morgan fingerprint density at radius 2 is 1.80 bits per heavy atom. The van der Waals surface area contributed by atoms with E-state index in [1.807, 2.05) is 0 Å². The van der Waals surface area contributed by atoms with Crippen molar-refractivity contribution in [3.05, 3.63) is 65.2 Å². The van der Waals surface area contributed by atoms with Gasteiger partial charge in [-0.3, -0.25) is 4.79 Å². The summed E-state index contributed by atoms with van der Waals surface area (Å²) < 4.78 is 44.1. The van der Waals surface area contributed by atoms with Crippen LogP contribution in [-0.2, 0) is 15.7 Å². The van der Waals surface area contributed by atoms with Gasteiger partial charge in [-0.15, -0.1) is 0 Å². The zero-order chi connectivity index (χ0) is 22.3. The number of ether oxygens (including phenoxy) is 1. The Morgan fingerprint density at radius 1 is 1.13 bits per heavy atom. The van der Waals surface area contributed by atoms with Gasteiger partial charge < -0.3 is 21.5 Å². The van der Waals surface area contributed by atoms with Gasteiger partial charge in [-0.1, -0.05) is 12.1 Å². The number of nitrogens with one attached hydrogen (secondary N) is 1. The molecule has 0 bridgehead atoms. The molecule has 0 aliphatic rings. The van der Waals surface area contributed by atoms with Gasteiger partial charge in [-0.25, -0.2) is 9.79 Å². The van der Waals surface area contributed by atoms with Crippen molar-refractivity contribution in [3.8, 4) is 0 Å². The van der Waals surface area contributed by atoms with Crippen molar-refractivity contribution in [3.63, 3.8) is 0 Å². The predicted molar refractivity (Wildman–Crippen MR) is 107 cm³/mol. The first-order valence-corrected chi connectivity index (χ1v) is 8.66. The van der Waals surface area contributed by atoms with E-state index in [4.69, 9.17) is 16.2 Å². The topological polar surface area (TPSA) is 120 Å². The van der Waals surface area contributed by atoms with Crippen LogP contribution < -0.4 is 16.8 Å². The van der Waals surface area contributed by atoms with E-state index in [2.05, 4.69) is 10.3 Å². The molecule has 0 fully saturated rings. The third-order valence-electron chi connectivity index (χ3n) is 3.63. The summed E-state index contributed by atoms with van der Waals surface area (Å²) in [4.78, 5) is 27.3. The van der Waals surface area contributed by atoms with Crippen LogP contribution in [0.15, 0.2) is 53.5 Å². The summed E-state index contributed by atoms with van der Waals surface area (Å²) in [5.41, 5.74) is 9.91. The third-order valence-corrected chi connectivity index (χ3v) is 3.63. The molecule has 1 amide bonds. The first kappa shape index (κ1) is 22.5. The van der Waals surface area contributed by atoms with Gasteiger partial charge in [0, 0.05) is 17.3 Å². The maximum absolute atomic E-state index is 13.1. The van der Waals surface area contributed by atoms with Crippen molar-refractivity contribution >= 4 is 35.3 Å². The fourth-order valence-corrected chi connectivity index (χ4v) is 2.36. The number of alkyl halides is 3. The lowest BCUT2D eigenvalue weighted by Crippen LogP contribution is -2.22. The van der Waals surface area contributed by atoms with Gasteiger partial charge >= 0.3 is 12.1 Å². The number of carbonyl (C=O) groups excluding carboxylic acids is 2. The molecule has 2 aromatic rings. The second-order valence-corrected chi connectivity index (χ2v) is 5.96. The first-order valence-electron chi connectivity index (χ1n) is 8.66. The molecule has 0 aliphatic carbocycles. The average molecular weight is 420 g/mol. The molecule has 0 heterocycles. The highest BCUT2D eigenvalue weighted by molar-refractivity contribution is 6.05. The maximum atomic E-state index is 13.1. The molecule has 0 radical (unpaired) electrons. The van der Waals surface area contributed by atoms with Crippen molar-refractivity contribution in [2.45, 2.75) is 13.1 Å². The molecule has 0 aromatic heterocycles. The fourth-order valence-electron chi connectivity index (χ4n) is 2.36. The van der Waals surface area contributed by atoms with E-state index < -0.39 is 29.6 Å². The number of benzene rings is 2. The first-order chi connectivity index (χ1) is 14.1. The number of nitrogens with two attached hydrogens (primary N) is 2. The van der Waals surface area contributed by atoms with Crippen LogP contribution in [0.4, 0.5) is 24.5 Å². The van der Waals surface area contributed by atoms with Crippen molar-refractivity contribution in [2.75, 3.05) is 11.9 Å². The maximum Gasteiger partial charge on any atom is 0.416 e. The molecule has 2 rings (SSSR count). The summed E-state index contributed by atoms with van der Waals surface area (Å²) in [6.45, 7) is 1.95. The van der Waals surface area contributed by atoms with Crippen LogP contribution in [0.3, 0.4) is 0 Å². The fraction of sp³-hybridized carbons (Fsp3) is 0.150. The van der Waals surface area contributed by atoms with E-state index in [1.165, 1.54) is 24.3 Å². The second kappa shape index (κ2) is 9.59. The molecule has 0 saturated heterocycles. The van der Waals surface area contributed by atoms with Crippen LogP contribution in [0.5, 0.6) is 0 Å². The summed E-state index contributed by atoms with van der Waals surface area (Å²) in [6.07, 6.45) is -1.90. The van der Waals surface area contributed by atoms with Gasteiger partial charge in [0.2, 0.25) is 0 Å². The van der Waals surface area contributed by atoms with Crippen LogP contribution in [0.1, 0.15) is 28.4 Å². The number of amides is 1. The SMILES string of the molecule is CCOC(=O)/C=C/c1ccc(NC(=O)c2cc(N=C(N)N)cc(C(F)(F)F)c2)cc1. The summed E-state index contributed by atoms with van der Waals surface area (Å²) in [7, 11) is 0. The Labute approximate surface area is 170 Å². The van der Waals surface area contributed by atoms with Crippen LogP contribution in [0.2, 0.25) is 0 Å². The number of hydrogen-bond acceptors (Lipinski definition) is 4. The quantitative estimate of drug-likeness (QED) is 0.286. The molecule has 10 heteroatoms.